The minimum absolute atomic E-state index is 0.0245. The largest absolute Gasteiger partial charge is 0.338 e. The second-order valence-electron chi connectivity index (χ2n) is 6.28. The summed E-state index contributed by atoms with van der Waals surface area (Å²) in [5, 5.41) is 3.62. The van der Waals surface area contributed by atoms with Crippen molar-refractivity contribution in [3.05, 3.63) is 23.2 Å². The normalized spacial score (nSPS) is 21.5. The number of carbonyl (C=O) groups excluding carboxylic acids is 2. The zero-order valence-electron chi connectivity index (χ0n) is 13.3. The predicted molar refractivity (Wildman–Crippen MR) is 91.5 cm³/mol. The Morgan fingerprint density at radius 2 is 2.13 bits per heavy atom. The summed E-state index contributed by atoms with van der Waals surface area (Å²) in [4.78, 5) is 31.9. The van der Waals surface area contributed by atoms with Gasteiger partial charge in [0.05, 0.1) is 11.6 Å². The van der Waals surface area contributed by atoms with Crippen LogP contribution in [0.15, 0.2) is 12.7 Å². The monoisotopic (exact) mass is 333 g/mol. The molecular weight excluding hydrogens is 310 g/mol. The number of nitrogens with zero attached hydrogens (tertiary/aromatic N) is 2. The smallest absolute Gasteiger partial charge is 0.231 e. The summed E-state index contributed by atoms with van der Waals surface area (Å²) in [6, 6.07) is 0. The molecule has 0 aromatic carbocycles. The lowest BCUT2D eigenvalue weighted by molar-refractivity contribution is -0.127. The van der Waals surface area contributed by atoms with Crippen molar-refractivity contribution in [1.82, 2.24) is 9.88 Å². The van der Waals surface area contributed by atoms with Gasteiger partial charge in [0.1, 0.15) is 0 Å². The quantitative estimate of drug-likeness (QED) is 0.862. The Labute approximate surface area is 140 Å². The van der Waals surface area contributed by atoms with Crippen LogP contribution in [0.1, 0.15) is 42.7 Å². The standard InChI is InChI=1S/C17H23N3O2S/c1-2-9-20-11-12(10-15(20)21)16(22)19-17-18-13-7-5-3-4-6-8-14(13)23-17/h2,12H,1,3-11H2,(H,18,19,22). The molecule has 1 aromatic rings. The molecule has 1 unspecified atom stereocenters. The van der Waals surface area contributed by atoms with Crippen LogP contribution in [0.25, 0.3) is 0 Å². The van der Waals surface area contributed by atoms with Gasteiger partial charge in [-0.05, 0) is 25.7 Å². The van der Waals surface area contributed by atoms with Crippen LogP contribution in [0, 0.1) is 5.92 Å². The van der Waals surface area contributed by atoms with Crippen molar-refractivity contribution in [3.63, 3.8) is 0 Å². The van der Waals surface area contributed by atoms with E-state index in [9.17, 15) is 9.59 Å². The third kappa shape index (κ3) is 3.80. The number of fused-ring (bicyclic) bond motifs is 1. The summed E-state index contributed by atoms with van der Waals surface area (Å²) in [6.07, 6.45) is 8.98. The van der Waals surface area contributed by atoms with Gasteiger partial charge in [-0.1, -0.05) is 18.9 Å². The lowest BCUT2D eigenvalue weighted by Gasteiger charge is -2.13. The van der Waals surface area contributed by atoms with Gasteiger partial charge in [-0.15, -0.1) is 17.9 Å². The van der Waals surface area contributed by atoms with E-state index in [0.29, 0.717) is 18.2 Å². The summed E-state index contributed by atoms with van der Waals surface area (Å²) < 4.78 is 0. The first-order valence-electron chi connectivity index (χ1n) is 8.35. The van der Waals surface area contributed by atoms with Crippen LogP contribution >= 0.6 is 11.3 Å². The average Bonchev–Trinajstić information content (AvgIpc) is 3.04. The SMILES string of the molecule is C=CCN1CC(C(=O)Nc2nc3c(s2)CCCCCC3)CC1=O. The molecule has 1 atom stereocenters. The molecular formula is C17H23N3O2S. The fourth-order valence-corrected chi connectivity index (χ4v) is 4.30. The van der Waals surface area contributed by atoms with Crippen LogP contribution in [-0.4, -0.2) is 34.8 Å². The maximum Gasteiger partial charge on any atom is 0.231 e. The molecule has 1 saturated heterocycles. The molecule has 1 fully saturated rings. The summed E-state index contributed by atoms with van der Waals surface area (Å²) in [5.41, 5.74) is 1.15. The van der Waals surface area contributed by atoms with Crippen LogP contribution in [0.2, 0.25) is 0 Å². The van der Waals surface area contributed by atoms with Gasteiger partial charge in [-0.3, -0.25) is 9.59 Å². The third-order valence-electron chi connectivity index (χ3n) is 4.51. The lowest BCUT2D eigenvalue weighted by Crippen LogP contribution is -2.28. The molecule has 23 heavy (non-hydrogen) atoms. The molecule has 1 N–H and O–H groups in total. The molecule has 0 bridgehead atoms. The number of hydrogen-bond donors (Lipinski definition) is 1. The van der Waals surface area contributed by atoms with Gasteiger partial charge in [0.2, 0.25) is 11.8 Å². The van der Waals surface area contributed by atoms with Gasteiger partial charge in [-0.25, -0.2) is 4.98 Å². The first-order valence-corrected chi connectivity index (χ1v) is 9.17. The van der Waals surface area contributed by atoms with Crippen molar-refractivity contribution in [2.75, 3.05) is 18.4 Å². The van der Waals surface area contributed by atoms with E-state index in [4.69, 9.17) is 0 Å². The lowest BCUT2D eigenvalue weighted by atomic mass is 10.0. The second-order valence-corrected chi connectivity index (χ2v) is 7.36. The van der Waals surface area contributed by atoms with Crippen LogP contribution in [0.3, 0.4) is 0 Å². The Kier molecular flexibility index (Phi) is 5.10. The predicted octanol–water partition coefficient (Wildman–Crippen LogP) is 2.78. The van der Waals surface area contributed by atoms with E-state index < -0.39 is 0 Å². The molecule has 0 radical (unpaired) electrons. The summed E-state index contributed by atoms with van der Waals surface area (Å²) in [5.74, 6) is -0.350. The van der Waals surface area contributed by atoms with Crippen molar-refractivity contribution >= 4 is 28.3 Å². The van der Waals surface area contributed by atoms with E-state index in [1.54, 1.807) is 22.3 Å². The molecule has 3 rings (SSSR count). The highest BCUT2D eigenvalue weighted by Crippen LogP contribution is 2.29. The van der Waals surface area contributed by atoms with Crippen molar-refractivity contribution in [2.45, 2.75) is 44.9 Å². The van der Waals surface area contributed by atoms with Crippen LogP contribution in [0.4, 0.5) is 5.13 Å². The zero-order chi connectivity index (χ0) is 16.2. The minimum atomic E-state index is -0.283. The number of rotatable bonds is 4. The molecule has 2 heterocycles. The fraction of sp³-hybridized carbons (Fsp3) is 0.588. The number of carbonyl (C=O) groups is 2. The highest BCUT2D eigenvalue weighted by Gasteiger charge is 2.34. The number of hydrogen-bond acceptors (Lipinski definition) is 4. The summed E-state index contributed by atoms with van der Waals surface area (Å²) in [7, 11) is 0. The van der Waals surface area contributed by atoms with Gasteiger partial charge in [-0.2, -0.15) is 0 Å². The van der Waals surface area contributed by atoms with Gasteiger partial charge >= 0.3 is 0 Å². The second kappa shape index (κ2) is 7.25. The Bertz CT molecular complexity index is 585. The number of thiazole rings is 1. The number of amides is 2. The van der Waals surface area contributed by atoms with Crippen molar-refractivity contribution in [3.8, 4) is 0 Å². The highest BCUT2D eigenvalue weighted by molar-refractivity contribution is 7.15. The number of aryl methyl sites for hydroxylation is 2. The van der Waals surface area contributed by atoms with E-state index in [2.05, 4.69) is 16.9 Å². The Hall–Kier alpha value is -1.69. The number of anilines is 1. The third-order valence-corrected chi connectivity index (χ3v) is 5.58. The Balaban J connectivity index is 1.63. The number of aromatic nitrogens is 1. The van der Waals surface area contributed by atoms with E-state index in [-0.39, 0.29) is 24.2 Å². The van der Waals surface area contributed by atoms with Crippen molar-refractivity contribution in [1.29, 1.82) is 0 Å². The molecule has 124 valence electrons. The fourth-order valence-electron chi connectivity index (χ4n) is 3.25. The molecule has 1 aromatic heterocycles. The first kappa shape index (κ1) is 16.2. The number of nitrogens with one attached hydrogen (secondary N) is 1. The molecule has 0 spiro atoms. The van der Waals surface area contributed by atoms with Gasteiger partial charge < -0.3 is 10.2 Å². The molecule has 0 saturated carbocycles. The zero-order valence-corrected chi connectivity index (χ0v) is 14.2. The number of likely N-dealkylation sites (tertiary alicyclic amines) is 1. The van der Waals surface area contributed by atoms with Gasteiger partial charge in [0.25, 0.3) is 0 Å². The molecule has 1 aliphatic carbocycles. The molecule has 2 amide bonds. The summed E-state index contributed by atoms with van der Waals surface area (Å²) >= 11 is 1.60. The Morgan fingerprint density at radius 3 is 2.91 bits per heavy atom. The summed E-state index contributed by atoms with van der Waals surface area (Å²) in [6.45, 7) is 4.63. The molecule has 1 aliphatic heterocycles. The minimum Gasteiger partial charge on any atom is -0.338 e. The average molecular weight is 333 g/mol. The maximum absolute atomic E-state index is 12.4. The highest BCUT2D eigenvalue weighted by atomic mass is 32.1. The maximum atomic E-state index is 12.4. The van der Waals surface area contributed by atoms with Crippen molar-refractivity contribution in [2.24, 2.45) is 5.92 Å². The Morgan fingerprint density at radius 1 is 1.35 bits per heavy atom. The topological polar surface area (TPSA) is 62.3 Å². The first-order chi connectivity index (χ1) is 11.2. The van der Waals surface area contributed by atoms with E-state index in [0.717, 1.165) is 18.5 Å². The molecule has 5 nitrogen and oxygen atoms in total. The van der Waals surface area contributed by atoms with E-state index in [1.807, 2.05) is 0 Å². The van der Waals surface area contributed by atoms with E-state index in [1.165, 1.54) is 30.6 Å². The van der Waals surface area contributed by atoms with Gasteiger partial charge in [0, 0.05) is 24.4 Å². The van der Waals surface area contributed by atoms with Crippen LogP contribution in [-0.2, 0) is 22.4 Å². The van der Waals surface area contributed by atoms with Crippen molar-refractivity contribution < 1.29 is 9.59 Å². The molecule has 6 heteroatoms. The molecule has 2 aliphatic rings. The van der Waals surface area contributed by atoms with Crippen LogP contribution in [0.5, 0.6) is 0 Å². The van der Waals surface area contributed by atoms with Crippen LogP contribution < -0.4 is 5.32 Å². The van der Waals surface area contributed by atoms with Gasteiger partial charge in [0.15, 0.2) is 5.13 Å². The van der Waals surface area contributed by atoms with E-state index >= 15 is 0 Å².